The Balaban J connectivity index is 1.65. The molecule has 28 heavy (non-hydrogen) atoms. The number of amides is 3. The second-order valence-corrected chi connectivity index (χ2v) is 6.31. The molecule has 0 spiro atoms. The highest BCUT2D eigenvalue weighted by Crippen LogP contribution is 2.22. The van der Waals surface area contributed by atoms with Gasteiger partial charge in [0.1, 0.15) is 6.54 Å². The van der Waals surface area contributed by atoms with Crippen molar-refractivity contribution in [2.24, 2.45) is 0 Å². The predicted molar refractivity (Wildman–Crippen MR) is 102 cm³/mol. The van der Waals surface area contributed by atoms with Gasteiger partial charge in [0.05, 0.1) is 0 Å². The molecule has 2 aromatic carbocycles. The molecule has 2 aromatic rings. The summed E-state index contributed by atoms with van der Waals surface area (Å²) in [7, 11) is 0. The van der Waals surface area contributed by atoms with E-state index < -0.39 is 18.4 Å². The van der Waals surface area contributed by atoms with Crippen LogP contribution in [0.3, 0.4) is 0 Å². The summed E-state index contributed by atoms with van der Waals surface area (Å²) in [5.41, 5.74) is 1.89. The molecule has 3 amide bonds. The molecule has 0 radical (unpaired) electrons. The molecule has 0 saturated carbocycles. The summed E-state index contributed by atoms with van der Waals surface area (Å²) in [6, 6.07) is 13.0. The number of carbonyl (C=O) groups is 4. The SMILES string of the molecule is O=C(O)CNC(=O)c1ccc(NC(=O)c2cccc(N3CCCC3=O)c2)cc1. The lowest BCUT2D eigenvalue weighted by Crippen LogP contribution is -2.29. The molecular weight excluding hydrogens is 362 g/mol. The highest BCUT2D eigenvalue weighted by molar-refractivity contribution is 6.06. The van der Waals surface area contributed by atoms with Crippen LogP contribution < -0.4 is 15.5 Å². The Morgan fingerprint density at radius 3 is 2.39 bits per heavy atom. The molecule has 1 saturated heterocycles. The quantitative estimate of drug-likeness (QED) is 0.707. The van der Waals surface area contributed by atoms with E-state index in [1.165, 1.54) is 12.1 Å². The molecule has 8 heteroatoms. The zero-order chi connectivity index (χ0) is 20.1. The number of carboxylic acids is 1. The van der Waals surface area contributed by atoms with Gasteiger partial charge in [-0.15, -0.1) is 0 Å². The van der Waals surface area contributed by atoms with Crippen molar-refractivity contribution in [1.82, 2.24) is 5.32 Å². The summed E-state index contributed by atoms with van der Waals surface area (Å²) >= 11 is 0. The fraction of sp³-hybridized carbons (Fsp3) is 0.200. The van der Waals surface area contributed by atoms with E-state index in [9.17, 15) is 19.2 Å². The van der Waals surface area contributed by atoms with Gasteiger partial charge in [-0.05, 0) is 48.9 Å². The largest absolute Gasteiger partial charge is 0.480 e. The number of aliphatic carboxylic acids is 1. The van der Waals surface area contributed by atoms with E-state index in [-0.39, 0.29) is 17.4 Å². The maximum atomic E-state index is 12.5. The summed E-state index contributed by atoms with van der Waals surface area (Å²) in [6.45, 7) is 0.183. The van der Waals surface area contributed by atoms with Crippen LogP contribution in [-0.4, -0.2) is 41.9 Å². The molecule has 0 unspecified atom stereocenters. The molecule has 1 aliphatic rings. The van der Waals surface area contributed by atoms with Crippen molar-refractivity contribution in [1.29, 1.82) is 0 Å². The summed E-state index contributed by atoms with van der Waals surface area (Å²) in [4.78, 5) is 48.3. The van der Waals surface area contributed by atoms with Gasteiger partial charge in [-0.2, -0.15) is 0 Å². The number of hydrogen-bond acceptors (Lipinski definition) is 4. The molecule has 0 bridgehead atoms. The molecule has 0 atom stereocenters. The van der Waals surface area contributed by atoms with Gasteiger partial charge in [0, 0.05) is 35.5 Å². The number of carboxylic acid groups (broad SMARTS) is 1. The fourth-order valence-electron chi connectivity index (χ4n) is 2.90. The molecule has 0 aromatic heterocycles. The highest BCUT2D eigenvalue weighted by Gasteiger charge is 2.22. The molecule has 1 heterocycles. The third kappa shape index (κ3) is 4.53. The van der Waals surface area contributed by atoms with Gasteiger partial charge in [-0.1, -0.05) is 6.07 Å². The van der Waals surface area contributed by atoms with E-state index in [0.717, 1.165) is 6.42 Å². The standard InChI is InChI=1S/C20H19N3O5/c24-17-5-2-10-23(17)16-4-1-3-14(11-16)20(28)22-15-8-6-13(7-9-15)19(27)21-12-18(25)26/h1,3-4,6-9,11H,2,5,10,12H2,(H,21,27)(H,22,28)(H,25,26). The molecule has 0 aliphatic carbocycles. The first-order chi connectivity index (χ1) is 13.4. The Morgan fingerprint density at radius 1 is 1.00 bits per heavy atom. The number of nitrogens with zero attached hydrogens (tertiary/aromatic N) is 1. The van der Waals surface area contributed by atoms with Gasteiger partial charge in [0.2, 0.25) is 5.91 Å². The number of benzene rings is 2. The van der Waals surface area contributed by atoms with E-state index in [2.05, 4.69) is 10.6 Å². The average Bonchev–Trinajstić information content (AvgIpc) is 3.12. The first-order valence-electron chi connectivity index (χ1n) is 8.76. The van der Waals surface area contributed by atoms with Crippen molar-refractivity contribution in [2.75, 3.05) is 23.3 Å². The summed E-state index contributed by atoms with van der Waals surface area (Å²) < 4.78 is 0. The number of anilines is 2. The molecular formula is C20H19N3O5. The van der Waals surface area contributed by atoms with Crippen molar-refractivity contribution in [3.05, 3.63) is 59.7 Å². The van der Waals surface area contributed by atoms with Crippen molar-refractivity contribution >= 4 is 35.1 Å². The second kappa shape index (κ2) is 8.34. The van der Waals surface area contributed by atoms with Crippen LogP contribution in [0.1, 0.15) is 33.6 Å². The van der Waals surface area contributed by atoms with Gasteiger partial charge in [0.25, 0.3) is 11.8 Å². The van der Waals surface area contributed by atoms with Crippen LogP contribution in [-0.2, 0) is 9.59 Å². The number of carbonyl (C=O) groups excluding carboxylic acids is 3. The van der Waals surface area contributed by atoms with Crippen molar-refractivity contribution < 1.29 is 24.3 Å². The van der Waals surface area contributed by atoms with Crippen LogP contribution in [0.2, 0.25) is 0 Å². The number of rotatable bonds is 6. The lowest BCUT2D eigenvalue weighted by Gasteiger charge is -2.16. The van der Waals surface area contributed by atoms with Gasteiger partial charge in [0.15, 0.2) is 0 Å². The number of hydrogen-bond donors (Lipinski definition) is 3. The average molecular weight is 381 g/mol. The predicted octanol–water partition coefficient (Wildman–Crippen LogP) is 1.88. The monoisotopic (exact) mass is 381 g/mol. The Morgan fingerprint density at radius 2 is 1.75 bits per heavy atom. The van der Waals surface area contributed by atoms with Crippen LogP contribution in [0, 0.1) is 0 Å². The minimum atomic E-state index is -1.13. The van der Waals surface area contributed by atoms with E-state index in [1.54, 1.807) is 41.3 Å². The first kappa shape index (κ1) is 19.1. The third-order valence-corrected chi connectivity index (χ3v) is 4.30. The van der Waals surface area contributed by atoms with Crippen LogP contribution in [0.5, 0.6) is 0 Å². The maximum absolute atomic E-state index is 12.5. The Bertz CT molecular complexity index is 924. The molecule has 3 rings (SSSR count). The van der Waals surface area contributed by atoms with Crippen molar-refractivity contribution in [3.8, 4) is 0 Å². The lowest BCUT2D eigenvalue weighted by atomic mass is 10.1. The maximum Gasteiger partial charge on any atom is 0.322 e. The minimum absolute atomic E-state index is 0.0503. The van der Waals surface area contributed by atoms with Crippen LogP contribution in [0.4, 0.5) is 11.4 Å². The van der Waals surface area contributed by atoms with Crippen LogP contribution >= 0.6 is 0 Å². The van der Waals surface area contributed by atoms with Gasteiger partial charge >= 0.3 is 5.97 Å². The molecule has 1 fully saturated rings. The Hall–Kier alpha value is -3.68. The van der Waals surface area contributed by atoms with E-state index in [1.807, 2.05) is 0 Å². The molecule has 144 valence electrons. The molecule has 1 aliphatic heterocycles. The van der Waals surface area contributed by atoms with Crippen molar-refractivity contribution in [3.63, 3.8) is 0 Å². The Kier molecular flexibility index (Phi) is 5.69. The molecule has 3 N–H and O–H groups in total. The summed E-state index contributed by atoms with van der Waals surface area (Å²) in [5.74, 6) is -1.93. The fourth-order valence-corrected chi connectivity index (χ4v) is 2.90. The number of nitrogens with one attached hydrogen (secondary N) is 2. The first-order valence-corrected chi connectivity index (χ1v) is 8.76. The van der Waals surface area contributed by atoms with Crippen LogP contribution in [0.15, 0.2) is 48.5 Å². The topological polar surface area (TPSA) is 116 Å². The highest BCUT2D eigenvalue weighted by atomic mass is 16.4. The normalized spacial score (nSPS) is 13.3. The zero-order valence-electron chi connectivity index (χ0n) is 15.0. The van der Waals surface area contributed by atoms with Crippen LogP contribution in [0.25, 0.3) is 0 Å². The Labute approximate surface area is 161 Å². The smallest absolute Gasteiger partial charge is 0.322 e. The third-order valence-electron chi connectivity index (χ3n) is 4.30. The zero-order valence-corrected chi connectivity index (χ0v) is 15.0. The summed E-state index contributed by atoms with van der Waals surface area (Å²) in [6.07, 6.45) is 1.32. The van der Waals surface area contributed by atoms with Crippen molar-refractivity contribution in [2.45, 2.75) is 12.8 Å². The van der Waals surface area contributed by atoms with Gasteiger partial charge in [-0.3, -0.25) is 19.2 Å². The minimum Gasteiger partial charge on any atom is -0.480 e. The van der Waals surface area contributed by atoms with Gasteiger partial charge in [-0.25, -0.2) is 0 Å². The van der Waals surface area contributed by atoms with Gasteiger partial charge < -0.3 is 20.6 Å². The van der Waals surface area contributed by atoms with E-state index in [4.69, 9.17) is 5.11 Å². The summed E-state index contributed by atoms with van der Waals surface area (Å²) in [5, 5.41) is 13.6. The second-order valence-electron chi connectivity index (χ2n) is 6.31. The van der Waals surface area contributed by atoms with E-state index in [0.29, 0.717) is 29.9 Å². The molecule has 8 nitrogen and oxygen atoms in total. The van der Waals surface area contributed by atoms with E-state index >= 15 is 0 Å². The lowest BCUT2D eigenvalue weighted by molar-refractivity contribution is -0.135.